The van der Waals surface area contributed by atoms with Gasteiger partial charge in [0.2, 0.25) is 0 Å². The molecule has 2 nitrogen and oxygen atoms in total. The van der Waals surface area contributed by atoms with Gasteiger partial charge in [-0.05, 0) is 30.5 Å². The van der Waals surface area contributed by atoms with Gasteiger partial charge in [0, 0.05) is 35.1 Å². The van der Waals surface area contributed by atoms with E-state index >= 15 is 0 Å². The quantitative estimate of drug-likeness (QED) is 0.662. The first kappa shape index (κ1) is 14.9. The second kappa shape index (κ2) is 5.97. The van der Waals surface area contributed by atoms with E-state index in [1.54, 1.807) is 6.20 Å². The topological polar surface area (TPSA) is 16.1 Å². The molecule has 3 rings (SSSR count). The monoisotopic (exact) mass is 312 g/mol. The zero-order valence-corrected chi connectivity index (χ0v) is 13.3. The van der Waals surface area contributed by atoms with Crippen LogP contribution in [0.25, 0.3) is 5.70 Å². The Hall–Kier alpha value is -2.07. The fraction of sp³-hybridized carbons (Fsp3) is 0.167. The lowest BCUT2D eigenvalue weighted by Crippen LogP contribution is -2.20. The molecule has 1 aliphatic rings. The molecule has 0 atom stereocenters. The van der Waals surface area contributed by atoms with Crippen molar-refractivity contribution in [2.24, 2.45) is 0 Å². The number of aromatic nitrogens is 1. The molecule has 0 saturated heterocycles. The number of halogens is 1. The number of hydrogen-bond acceptors (Lipinski definition) is 3. The summed E-state index contributed by atoms with van der Waals surface area (Å²) in [6, 6.07) is 9.70. The van der Waals surface area contributed by atoms with E-state index in [0.29, 0.717) is 5.70 Å². The first-order valence-electron chi connectivity index (χ1n) is 7.14. The minimum absolute atomic E-state index is 0.140. The molecule has 0 spiro atoms. The summed E-state index contributed by atoms with van der Waals surface area (Å²) in [7, 11) is 0. The second-order valence-corrected chi connectivity index (χ2v) is 5.87. The van der Waals surface area contributed by atoms with Gasteiger partial charge in [0.25, 0.3) is 0 Å². The molecule has 0 N–H and O–H groups in total. The normalized spacial score (nSPS) is 14.6. The van der Waals surface area contributed by atoms with Crippen LogP contribution in [0.4, 0.5) is 10.1 Å². The molecule has 0 amide bonds. The van der Waals surface area contributed by atoms with Crippen LogP contribution in [0.15, 0.2) is 60.0 Å². The van der Waals surface area contributed by atoms with Crippen molar-refractivity contribution in [3.63, 3.8) is 0 Å². The average Bonchev–Trinajstić information content (AvgIpc) is 2.93. The summed E-state index contributed by atoms with van der Waals surface area (Å²) in [6.45, 7) is 6.35. The Morgan fingerprint density at radius 3 is 2.82 bits per heavy atom. The third kappa shape index (κ3) is 2.55. The van der Waals surface area contributed by atoms with Crippen LogP contribution in [0.5, 0.6) is 0 Å². The number of anilines is 1. The second-order valence-electron chi connectivity index (χ2n) is 5.33. The van der Waals surface area contributed by atoms with Crippen LogP contribution in [-0.4, -0.2) is 11.5 Å². The van der Waals surface area contributed by atoms with Crippen molar-refractivity contribution in [3.8, 4) is 0 Å². The Balaban J connectivity index is 2.20. The maximum Gasteiger partial charge on any atom is 0.160 e. The molecule has 0 fully saturated rings. The van der Waals surface area contributed by atoms with Gasteiger partial charge in [-0.25, -0.2) is 4.39 Å². The molecule has 0 radical (unpaired) electrons. The molecule has 22 heavy (non-hydrogen) atoms. The minimum Gasteiger partial charge on any atom is -0.338 e. The highest BCUT2D eigenvalue weighted by molar-refractivity contribution is 7.84. The number of nitrogens with zero attached hydrogens (tertiary/aromatic N) is 2. The van der Waals surface area contributed by atoms with Crippen molar-refractivity contribution in [2.75, 3.05) is 11.4 Å². The van der Waals surface area contributed by atoms with Crippen molar-refractivity contribution < 1.29 is 4.39 Å². The van der Waals surface area contributed by atoms with Crippen molar-refractivity contribution in [1.29, 1.82) is 0 Å². The van der Waals surface area contributed by atoms with E-state index in [-0.39, 0.29) is 10.7 Å². The minimum atomic E-state index is -0.387. The van der Waals surface area contributed by atoms with Gasteiger partial charge in [-0.1, -0.05) is 30.8 Å². The van der Waals surface area contributed by atoms with Gasteiger partial charge in [-0.15, -0.1) is 12.6 Å². The summed E-state index contributed by atoms with van der Waals surface area (Å²) < 4.78 is 14.8. The molecule has 1 aromatic heterocycles. The number of fused-ring (bicyclic) bond motifs is 1. The highest BCUT2D eigenvalue weighted by Gasteiger charge is 2.27. The SMILES string of the molecule is C=C(S)/C(F)=C(\c1ccccc1C)N1CCc2cnccc21. The summed E-state index contributed by atoms with van der Waals surface area (Å²) in [6.07, 6.45) is 4.43. The molecule has 0 unspecified atom stereocenters. The molecule has 1 aliphatic heterocycles. The Bertz CT molecular complexity index is 767. The molecule has 1 aromatic carbocycles. The van der Waals surface area contributed by atoms with E-state index in [2.05, 4.69) is 24.2 Å². The standard InChI is InChI=1S/C18H17FN2S/c1-12-5-3-4-6-15(12)18(17(19)13(2)22)21-10-8-14-11-20-9-7-16(14)21/h3-7,9,11,22H,2,8,10H2,1H3/b18-17-. The smallest absolute Gasteiger partial charge is 0.160 e. The fourth-order valence-electron chi connectivity index (χ4n) is 2.82. The Labute approximate surface area is 135 Å². The highest BCUT2D eigenvalue weighted by atomic mass is 32.1. The van der Waals surface area contributed by atoms with E-state index in [9.17, 15) is 4.39 Å². The van der Waals surface area contributed by atoms with Gasteiger partial charge < -0.3 is 4.90 Å². The van der Waals surface area contributed by atoms with E-state index in [0.717, 1.165) is 35.3 Å². The lowest BCUT2D eigenvalue weighted by Gasteiger charge is -2.25. The third-order valence-electron chi connectivity index (χ3n) is 3.90. The summed E-state index contributed by atoms with van der Waals surface area (Å²) in [5.41, 5.74) is 4.54. The van der Waals surface area contributed by atoms with Gasteiger partial charge >= 0.3 is 0 Å². The number of allylic oxidation sites excluding steroid dienone is 1. The van der Waals surface area contributed by atoms with Crippen molar-refractivity contribution >= 4 is 24.0 Å². The molecule has 0 saturated carbocycles. The molecule has 0 aliphatic carbocycles. The van der Waals surface area contributed by atoms with Gasteiger partial charge in [0.05, 0.1) is 5.70 Å². The zero-order valence-electron chi connectivity index (χ0n) is 12.4. The predicted molar refractivity (Wildman–Crippen MR) is 92.6 cm³/mol. The Morgan fingerprint density at radius 1 is 1.32 bits per heavy atom. The van der Waals surface area contributed by atoms with Gasteiger partial charge in [-0.2, -0.15) is 0 Å². The van der Waals surface area contributed by atoms with Gasteiger partial charge in [0.1, 0.15) is 0 Å². The van der Waals surface area contributed by atoms with Crippen LogP contribution in [-0.2, 0) is 6.42 Å². The zero-order chi connectivity index (χ0) is 15.7. The Kier molecular flexibility index (Phi) is 4.03. The summed E-state index contributed by atoms with van der Waals surface area (Å²) >= 11 is 4.11. The van der Waals surface area contributed by atoms with Crippen LogP contribution in [0, 0.1) is 6.92 Å². The Morgan fingerprint density at radius 2 is 2.09 bits per heavy atom. The molecule has 2 heterocycles. The number of pyridine rings is 1. The van der Waals surface area contributed by atoms with E-state index < -0.39 is 0 Å². The van der Waals surface area contributed by atoms with E-state index in [1.165, 1.54) is 0 Å². The predicted octanol–water partition coefficient (Wildman–Crippen LogP) is 4.53. The summed E-state index contributed by atoms with van der Waals surface area (Å²) in [4.78, 5) is 6.29. The highest BCUT2D eigenvalue weighted by Crippen LogP contribution is 2.38. The first-order chi connectivity index (χ1) is 10.6. The van der Waals surface area contributed by atoms with E-state index in [1.807, 2.05) is 48.4 Å². The molecule has 0 bridgehead atoms. The molecular formula is C18H17FN2S. The van der Waals surface area contributed by atoms with Gasteiger partial charge in [-0.3, -0.25) is 4.98 Å². The first-order valence-corrected chi connectivity index (χ1v) is 7.58. The molecule has 2 aromatic rings. The van der Waals surface area contributed by atoms with Crippen LogP contribution >= 0.6 is 12.6 Å². The average molecular weight is 312 g/mol. The fourth-order valence-corrected chi connectivity index (χ4v) is 2.92. The van der Waals surface area contributed by atoms with Crippen LogP contribution in [0.3, 0.4) is 0 Å². The molecular weight excluding hydrogens is 295 g/mol. The van der Waals surface area contributed by atoms with Crippen LogP contribution < -0.4 is 4.90 Å². The van der Waals surface area contributed by atoms with Crippen LogP contribution in [0.1, 0.15) is 16.7 Å². The lowest BCUT2D eigenvalue weighted by atomic mass is 10.0. The number of thiol groups is 1. The molecule has 112 valence electrons. The summed E-state index contributed by atoms with van der Waals surface area (Å²) in [5, 5.41) is 0. The number of aryl methyl sites for hydroxylation is 1. The maximum atomic E-state index is 14.8. The summed E-state index contributed by atoms with van der Waals surface area (Å²) in [5.74, 6) is -0.387. The lowest BCUT2D eigenvalue weighted by molar-refractivity contribution is 0.663. The largest absolute Gasteiger partial charge is 0.338 e. The number of benzene rings is 1. The number of hydrogen-bond donors (Lipinski definition) is 1. The van der Waals surface area contributed by atoms with Crippen LogP contribution in [0.2, 0.25) is 0 Å². The van der Waals surface area contributed by atoms with E-state index in [4.69, 9.17) is 0 Å². The van der Waals surface area contributed by atoms with Crippen molar-refractivity contribution in [3.05, 3.63) is 76.7 Å². The van der Waals surface area contributed by atoms with Crippen molar-refractivity contribution in [2.45, 2.75) is 13.3 Å². The maximum absolute atomic E-state index is 14.8. The third-order valence-corrected chi connectivity index (χ3v) is 4.10. The molecule has 4 heteroatoms. The number of rotatable bonds is 3. The van der Waals surface area contributed by atoms with Crippen molar-refractivity contribution in [1.82, 2.24) is 4.98 Å². The van der Waals surface area contributed by atoms with Gasteiger partial charge in [0.15, 0.2) is 5.83 Å².